The van der Waals surface area contributed by atoms with E-state index < -0.39 is 10.0 Å². The fraction of sp³-hybridized carbons (Fsp3) is 0.500. The number of rotatable bonds is 8. The maximum absolute atomic E-state index is 11.2. The van der Waals surface area contributed by atoms with E-state index in [-0.39, 0.29) is 18.4 Å². The highest BCUT2D eigenvalue weighted by Gasteiger charge is 2.09. The molecule has 1 rings (SSSR count). The molecule has 0 heterocycles. The van der Waals surface area contributed by atoms with E-state index in [4.69, 9.17) is 0 Å². The van der Waals surface area contributed by atoms with Crippen LogP contribution in [0.4, 0.5) is 0 Å². The molecule has 1 atom stereocenters. The average molecular weight is 272 g/mol. The molecule has 1 unspecified atom stereocenters. The molecule has 18 heavy (non-hydrogen) atoms. The molecule has 0 aromatic heterocycles. The highest BCUT2D eigenvalue weighted by atomic mass is 32.2. The number of aliphatic hydroxyl groups excluding tert-OH is 1. The summed E-state index contributed by atoms with van der Waals surface area (Å²) >= 11 is 0. The van der Waals surface area contributed by atoms with Gasteiger partial charge in [-0.25, -0.2) is 13.1 Å². The van der Waals surface area contributed by atoms with Crippen LogP contribution >= 0.6 is 0 Å². The molecule has 0 saturated carbocycles. The Morgan fingerprint density at radius 1 is 1.22 bits per heavy atom. The van der Waals surface area contributed by atoms with Gasteiger partial charge in [0.05, 0.1) is 18.4 Å². The summed E-state index contributed by atoms with van der Waals surface area (Å²) in [4.78, 5) is 0. The Bertz CT molecular complexity index is 434. The fourth-order valence-electron chi connectivity index (χ4n) is 1.53. The number of aliphatic hydroxyl groups is 1. The van der Waals surface area contributed by atoms with Crippen LogP contribution in [0.5, 0.6) is 0 Å². The minimum atomic E-state index is -3.14. The van der Waals surface area contributed by atoms with E-state index in [0.717, 1.165) is 5.56 Å². The van der Waals surface area contributed by atoms with Crippen LogP contribution in [0.1, 0.15) is 18.5 Å². The topological polar surface area (TPSA) is 78.4 Å². The first kappa shape index (κ1) is 15.1. The normalized spacial score (nSPS) is 13.4. The van der Waals surface area contributed by atoms with Gasteiger partial charge in [0.25, 0.3) is 0 Å². The second-order valence-corrected chi connectivity index (χ2v) is 5.99. The van der Waals surface area contributed by atoms with Crippen molar-refractivity contribution in [2.45, 2.75) is 13.0 Å². The summed E-state index contributed by atoms with van der Waals surface area (Å²) in [5, 5.41) is 12.4. The zero-order valence-corrected chi connectivity index (χ0v) is 11.3. The van der Waals surface area contributed by atoms with E-state index in [1.165, 1.54) is 0 Å². The van der Waals surface area contributed by atoms with Gasteiger partial charge in [0.1, 0.15) is 0 Å². The van der Waals surface area contributed by atoms with Gasteiger partial charge >= 0.3 is 0 Å². The van der Waals surface area contributed by atoms with Gasteiger partial charge in [-0.05, 0) is 12.5 Å². The number of nitrogens with one attached hydrogen (secondary N) is 2. The van der Waals surface area contributed by atoms with Crippen molar-refractivity contribution in [2.75, 3.05) is 25.4 Å². The molecule has 0 saturated heterocycles. The Balaban J connectivity index is 2.38. The van der Waals surface area contributed by atoms with Crippen molar-refractivity contribution in [1.82, 2.24) is 10.0 Å². The molecular weight excluding hydrogens is 252 g/mol. The van der Waals surface area contributed by atoms with Gasteiger partial charge in [0.15, 0.2) is 0 Å². The van der Waals surface area contributed by atoms with Crippen molar-refractivity contribution in [1.29, 1.82) is 0 Å². The third kappa shape index (κ3) is 5.14. The summed E-state index contributed by atoms with van der Waals surface area (Å²) in [7, 11) is -3.14. The van der Waals surface area contributed by atoms with E-state index in [1.54, 1.807) is 6.92 Å². The first-order valence-corrected chi connectivity index (χ1v) is 7.61. The summed E-state index contributed by atoms with van der Waals surface area (Å²) in [6.07, 6.45) is 0. The second-order valence-electron chi connectivity index (χ2n) is 3.90. The molecule has 1 aromatic carbocycles. The summed E-state index contributed by atoms with van der Waals surface area (Å²) in [6.45, 7) is 2.36. The van der Waals surface area contributed by atoms with Crippen LogP contribution in [0.3, 0.4) is 0 Å². The molecule has 0 amide bonds. The largest absolute Gasteiger partial charge is 0.394 e. The molecule has 6 heteroatoms. The predicted octanol–water partition coefficient (Wildman–Crippen LogP) is 0.249. The van der Waals surface area contributed by atoms with Crippen LogP contribution in [0.2, 0.25) is 0 Å². The lowest BCUT2D eigenvalue weighted by Gasteiger charge is -2.16. The van der Waals surface area contributed by atoms with E-state index in [2.05, 4.69) is 10.0 Å². The van der Waals surface area contributed by atoms with Crippen LogP contribution in [0, 0.1) is 0 Å². The second kappa shape index (κ2) is 7.48. The van der Waals surface area contributed by atoms with E-state index in [0.29, 0.717) is 13.1 Å². The van der Waals surface area contributed by atoms with Gasteiger partial charge in [-0.15, -0.1) is 0 Å². The average Bonchev–Trinajstić information content (AvgIpc) is 2.40. The summed E-state index contributed by atoms with van der Waals surface area (Å²) in [5.41, 5.74) is 0.985. The van der Waals surface area contributed by atoms with Crippen molar-refractivity contribution in [3.8, 4) is 0 Å². The number of benzene rings is 1. The molecule has 0 fully saturated rings. The smallest absolute Gasteiger partial charge is 0.211 e. The van der Waals surface area contributed by atoms with E-state index in [1.807, 2.05) is 30.3 Å². The van der Waals surface area contributed by atoms with Gasteiger partial charge in [0.2, 0.25) is 10.0 Å². The summed E-state index contributed by atoms with van der Waals surface area (Å²) < 4.78 is 24.9. The fourth-order valence-corrected chi connectivity index (χ4v) is 2.15. The molecule has 0 spiro atoms. The molecule has 0 aliphatic carbocycles. The Morgan fingerprint density at radius 2 is 1.89 bits per heavy atom. The molecule has 102 valence electrons. The monoisotopic (exact) mass is 272 g/mol. The minimum absolute atomic E-state index is 0.0233. The SMILES string of the molecule is CCS(=O)(=O)NCCNC(CO)c1ccccc1. The van der Waals surface area contributed by atoms with Crippen molar-refractivity contribution in [3.63, 3.8) is 0 Å². The zero-order valence-electron chi connectivity index (χ0n) is 10.5. The standard InChI is InChI=1S/C12H20N2O3S/c1-2-18(16,17)14-9-8-13-12(10-15)11-6-4-3-5-7-11/h3-7,12-15H,2,8-10H2,1H3. The van der Waals surface area contributed by atoms with E-state index in [9.17, 15) is 13.5 Å². The van der Waals surface area contributed by atoms with Gasteiger partial charge in [-0.1, -0.05) is 30.3 Å². The summed E-state index contributed by atoms with van der Waals surface area (Å²) in [6, 6.07) is 9.39. The third-order valence-corrected chi connectivity index (χ3v) is 4.01. The van der Waals surface area contributed by atoms with Crippen LogP contribution in [-0.4, -0.2) is 39.0 Å². The first-order chi connectivity index (χ1) is 8.59. The maximum Gasteiger partial charge on any atom is 0.211 e. The van der Waals surface area contributed by atoms with Crippen LogP contribution in [-0.2, 0) is 10.0 Å². The first-order valence-electron chi connectivity index (χ1n) is 5.95. The molecular formula is C12H20N2O3S. The molecule has 0 aliphatic rings. The molecule has 0 aliphatic heterocycles. The Hall–Kier alpha value is -0.950. The van der Waals surface area contributed by atoms with Crippen LogP contribution in [0.15, 0.2) is 30.3 Å². The van der Waals surface area contributed by atoms with Crippen molar-refractivity contribution in [2.24, 2.45) is 0 Å². The molecule has 3 N–H and O–H groups in total. The maximum atomic E-state index is 11.2. The predicted molar refractivity (Wildman–Crippen MR) is 71.7 cm³/mol. The highest BCUT2D eigenvalue weighted by Crippen LogP contribution is 2.10. The quantitative estimate of drug-likeness (QED) is 0.593. The Morgan fingerprint density at radius 3 is 2.44 bits per heavy atom. The zero-order chi connectivity index (χ0) is 13.4. The molecule has 5 nitrogen and oxygen atoms in total. The van der Waals surface area contributed by atoms with Gasteiger partial charge < -0.3 is 10.4 Å². The van der Waals surface area contributed by atoms with Crippen LogP contribution < -0.4 is 10.0 Å². The lowest BCUT2D eigenvalue weighted by atomic mass is 10.1. The Labute approximate surface area is 108 Å². The highest BCUT2D eigenvalue weighted by molar-refractivity contribution is 7.89. The van der Waals surface area contributed by atoms with Gasteiger partial charge in [-0.3, -0.25) is 0 Å². The van der Waals surface area contributed by atoms with Crippen molar-refractivity contribution in [3.05, 3.63) is 35.9 Å². The van der Waals surface area contributed by atoms with E-state index >= 15 is 0 Å². The minimum Gasteiger partial charge on any atom is -0.394 e. The van der Waals surface area contributed by atoms with Crippen molar-refractivity contribution >= 4 is 10.0 Å². The Kier molecular flexibility index (Phi) is 6.28. The molecule has 0 radical (unpaired) electrons. The summed E-state index contributed by atoms with van der Waals surface area (Å²) in [5.74, 6) is 0.0785. The number of hydrogen-bond acceptors (Lipinski definition) is 4. The van der Waals surface area contributed by atoms with Crippen molar-refractivity contribution < 1.29 is 13.5 Å². The molecule has 1 aromatic rings. The number of sulfonamides is 1. The lowest BCUT2D eigenvalue weighted by Crippen LogP contribution is -2.35. The van der Waals surface area contributed by atoms with Gasteiger partial charge in [-0.2, -0.15) is 0 Å². The lowest BCUT2D eigenvalue weighted by molar-refractivity contribution is 0.245. The molecule has 0 bridgehead atoms. The number of hydrogen-bond donors (Lipinski definition) is 3. The van der Waals surface area contributed by atoms with Gasteiger partial charge in [0, 0.05) is 13.1 Å². The third-order valence-electron chi connectivity index (χ3n) is 2.60. The van der Waals surface area contributed by atoms with Crippen LogP contribution in [0.25, 0.3) is 0 Å².